The van der Waals surface area contributed by atoms with Crippen molar-refractivity contribution in [2.45, 2.75) is 37.8 Å². The molecule has 1 saturated carbocycles. The quantitative estimate of drug-likeness (QED) is 0.804. The number of H-pyrrole nitrogens is 1. The predicted molar refractivity (Wildman–Crippen MR) is 88.9 cm³/mol. The molecule has 1 heterocycles. The maximum atomic E-state index is 12.9. The SMILES string of the molecule is Cl.NC1CCC(NC(=O)c2cc(-c3ccc(F)cc3)n[nH]2)CC1. The molecule has 124 valence electrons. The lowest BCUT2D eigenvalue weighted by atomic mass is 9.92. The lowest BCUT2D eigenvalue weighted by molar-refractivity contribution is 0.0921. The van der Waals surface area contributed by atoms with E-state index in [4.69, 9.17) is 5.73 Å². The lowest BCUT2D eigenvalue weighted by Gasteiger charge is -2.26. The van der Waals surface area contributed by atoms with E-state index in [0.29, 0.717) is 11.4 Å². The van der Waals surface area contributed by atoms with Crippen LogP contribution in [0.25, 0.3) is 11.3 Å². The number of carbonyl (C=O) groups is 1. The van der Waals surface area contributed by atoms with Crippen molar-refractivity contribution in [2.24, 2.45) is 5.73 Å². The van der Waals surface area contributed by atoms with E-state index in [-0.39, 0.29) is 36.2 Å². The molecule has 0 saturated heterocycles. The van der Waals surface area contributed by atoms with Gasteiger partial charge >= 0.3 is 0 Å². The minimum atomic E-state index is -0.298. The number of aromatic nitrogens is 2. The minimum absolute atomic E-state index is 0. The number of rotatable bonds is 3. The number of hydrogen-bond acceptors (Lipinski definition) is 3. The molecule has 1 aromatic carbocycles. The molecule has 1 aliphatic carbocycles. The summed E-state index contributed by atoms with van der Waals surface area (Å²) in [6.45, 7) is 0. The van der Waals surface area contributed by atoms with Crippen LogP contribution in [0.3, 0.4) is 0 Å². The van der Waals surface area contributed by atoms with Crippen LogP contribution in [0.4, 0.5) is 4.39 Å². The zero-order chi connectivity index (χ0) is 15.5. The van der Waals surface area contributed by atoms with E-state index >= 15 is 0 Å². The van der Waals surface area contributed by atoms with Crippen molar-refractivity contribution in [1.82, 2.24) is 15.5 Å². The highest BCUT2D eigenvalue weighted by molar-refractivity contribution is 5.93. The topological polar surface area (TPSA) is 83.8 Å². The Kier molecular flexibility index (Phi) is 5.74. The summed E-state index contributed by atoms with van der Waals surface area (Å²) in [7, 11) is 0. The van der Waals surface area contributed by atoms with E-state index in [1.807, 2.05) is 0 Å². The molecule has 0 radical (unpaired) electrons. The van der Waals surface area contributed by atoms with E-state index in [2.05, 4.69) is 15.5 Å². The Morgan fingerprint density at radius 1 is 1.22 bits per heavy atom. The molecule has 5 nitrogen and oxygen atoms in total. The fraction of sp³-hybridized carbons (Fsp3) is 0.375. The first-order chi connectivity index (χ1) is 10.6. The number of nitrogens with two attached hydrogens (primary N) is 1. The van der Waals surface area contributed by atoms with Gasteiger partial charge in [0, 0.05) is 17.6 Å². The van der Waals surface area contributed by atoms with Crippen LogP contribution in [0.5, 0.6) is 0 Å². The molecule has 1 amide bonds. The van der Waals surface area contributed by atoms with Gasteiger partial charge in [0.05, 0.1) is 5.69 Å². The number of nitrogens with one attached hydrogen (secondary N) is 2. The van der Waals surface area contributed by atoms with Crippen LogP contribution in [-0.2, 0) is 0 Å². The Balaban J connectivity index is 0.00000192. The molecular weight excluding hydrogens is 319 g/mol. The van der Waals surface area contributed by atoms with Crippen molar-refractivity contribution in [3.8, 4) is 11.3 Å². The molecule has 23 heavy (non-hydrogen) atoms. The Bertz CT molecular complexity index is 650. The average Bonchev–Trinajstić information content (AvgIpc) is 3.00. The first kappa shape index (κ1) is 17.4. The molecule has 1 aliphatic rings. The normalized spacial score (nSPS) is 20.6. The van der Waals surface area contributed by atoms with Crippen LogP contribution in [0.15, 0.2) is 30.3 Å². The zero-order valence-corrected chi connectivity index (χ0v) is 13.4. The van der Waals surface area contributed by atoms with E-state index < -0.39 is 0 Å². The number of nitrogens with zero attached hydrogens (tertiary/aromatic N) is 1. The average molecular weight is 339 g/mol. The maximum absolute atomic E-state index is 12.9. The van der Waals surface area contributed by atoms with Crippen molar-refractivity contribution in [2.75, 3.05) is 0 Å². The smallest absolute Gasteiger partial charge is 0.269 e. The maximum Gasteiger partial charge on any atom is 0.269 e. The Hall–Kier alpha value is -1.92. The van der Waals surface area contributed by atoms with Crippen molar-refractivity contribution in [3.63, 3.8) is 0 Å². The van der Waals surface area contributed by atoms with Gasteiger partial charge in [-0.1, -0.05) is 0 Å². The summed E-state index contributed by atoms with van der Waals surface area (Å²) in [6.07, 6.45) is 3.70. The summed E-state index contributed by atoms with van der Waals surface area (Å²) in [5.74, 6) is -0.464. The van der Waals surface area contributed by atoms with Gasteiger partial charge in [-0.2, -0.15) is 5.10 Å². The van der Waals surface area contributed by atoms with Crippen LogP contribution in [0.1, 0.15) is 36.2 Å². The molecule has 0 unspecified atom stereocenters. The van der Waals surface area contributed by atoms with E-state index in [1.54, 1.807) is 18.2 Å². The van der Waals surface area contributed by atoms with Gasteiger partial charge in [0.15, 0.2) is 0 Å². The van der Waals surface area contributed by atoms with Crippen molar-refractivity contribution in [1.29, 1.82) is 0 Å². The van der Waals surface area contributed by atoms with Gasteiger partial charge in [0.1, 0.15) is 11.5 Å². The molecule has 0 atom stereocenters. The molecule has 1 aromatic heterocycles. The molecule has 0 bridgehead atoms. The van der Waals surface area contributed by atoms with Crippen molar-refractivity contribution < 1.29 is 9.18 Å². The van der Waals surface area contributed by atoms with Crippen LogP contribution >= 0.6 is 12.4 Å². The molecule has 2 aromatic rings. The monoisotopic (exact) mass is 338 g/mol. The Labute approximate surface area is 140 Å². The fourth-order valence-electron chi connectivity index (χ4n) is 2.73. The lowest BCUT2D eigenvalue weighted by Crippen LogP contribution is -2.40. The highest BCUT2D eigenvalue weighted by atomic mass is 35.5. The molecule has 7 heteroatoms. The second-order valence-electron chi connectivity index (χ2n) is 5.76. The molecular formula is C16H20ClFN4O. The summed E-state index contributed by atoms with van der Waals surface area (Å²) in [6, 6.07) is 8.11. The zero-order valence-electron chi connectivity index (χ0n) is 12.6. The van der Waals surface area contributed by atoms with Gasteiger partial charge < -0.3 is 11.1 Å². The van der Waals surface area contributed by atoms with Crippen molar-refractivity contribution >= 4 is 18.3 Å². The van der Waals surface area contributed by atoms with Gasteiger partial charge in [-0.25, -0.2) is 4.39 Å². The van der Waals surface area contributed by atoms with Crippen LogP contribution in [0, 0.1) is 5.82 Å². The summed E-state index contributed by atoms with van der Waals surface area (Å²) < 4.78 is 12.9. The third-order valence-corrected chi connectivity index (χ3v) is 4.07. The van der Waals surface area contributed by atoms with Crippen LogP contribution in [-0.4, -0.2) is 28.2 Å². The van der Waals surface area contributed by atoms with Gasteiger partial charge in [0.25, 0.3) is 5.91 Å². The second kappa shape index (κ2) is 7.57. The standard InChI is InChI=1S/C16H19FN4O.ClH/c17-11-3-1-10(2-4-11)14-9-15(21-20-14)16(22)19-13-7-5-12(18)6-8-13;/h1-4,9,12-13H,5-8,18H2,(H,19,22)(H,20,21);1H. The number of halogens is 2. The van der Waals surface area contributed by atoms with Crippen LogP contribution in [0.2, 0.25) is 0 Å². The summed E-state index contributed by atoms with van der Waals surface area (Å²) in [5, 5.41) is 9.85. The Morgan fingerprint density at radius 2 is 1.87 bits per heavy atom. The largest absolute Gasteiger partial charge is 0.348 e. The molecule has 1 fully saturated rings. The first-order valence-electron chi connectivity index (χ1n) is 7.49. The highest BCUT2D eigenvalue weighted by Gasteiger charge is 2.21. The van der Waals surface area contributed by atoms with Gasteiger partial charge in [-0.15, -0.1) is 12.4 Å². The van der Waals surface area contributed by atoms with E-state index in [1.165, 1.54) is 12.1 Å². The number of benzene rings is 1. The number of amides is 1. The number of aromatic amines is 1. The van der Waals surface area contributed by atoms with Crippen molar-refractivity contribution in [3.05, 3.63) is 41.8 Å². The number of carbonyl (C=O) groups excluding carboxylic acids is 1. The highest BCUT2D eigenvalue weighted by Crippen LogP contribution is 2.19. The Morgan fingerprint density at radius 3 is 2.52 bits per heavy atom. The predicted octanol–water partition coefficient (Wildman–Crippen LogP) is 2.64. The fourth-order valence-corrected chi connectivity index (χ4v) is 2.73. The van der Waals surface area contributed by atoms with Gasteiger partial charge in [0.2, 0.25) is 0 Å². The third kappa shape index (κ3) is 4.30. The first-order valence-corrected chi connectivity index (χ1v) is 7.49. The van der Waals surface area contributed by atoms with Gasteiger partial charge in [-0.3, -0.25) is 9.89 Å². The summed E-state index contributed by atoms with van der Waals surface area (Å²) >= 11 is 0. The molecule has 3 rings (SSSR count). The molecule has 0 aliphatic heterocycles. The van der Waals surface area contributed by atoms with E-state index in [0.717, 1.165) is 31.2 Å². The molecule has 0 spiro atoms. The van der Waals surface area contributed by atoms with Gasteiger partial charge in [-0.05, 0) is 56.0 Å². The summed E-state index contributed by atoms with van der Waals surface area (Å²) in [5.41, 5.74) is 7.66. The summed E-state index contributed by atoms with van der Waals surface area (Å²) in [4.78, 5) is 12.2. The molecule has 4 N–H and O–H groups in total. The van der Waals surface area contributed by atoms with Crippen LogP contribution < -0.4 is 11.1 Å². The third-order valence-electron chi connectivity index (χ3n) is 4.07. The number of hydrogen-bond donors (Lipinski definition) is 3. The second-order valence-corrected chi connectivity index (χ2v) is 5.76. The van der Waals surface area contributed by atoms with E-state index in [9.17, 15) is 9.18 Å². The minimum Gasteiger partial charge on any atom is -0.348 e.